The van der Waals surface area contributed by atoms with E-state index in [9.17, 15) is 0 Å². The largest absolute Gasteiger partial charge is 0.453 e. The van der Waals surface area contributed by atoms with Gasteiger partial charge in [-0.1, -0.05) is 18.2 Å². The highest BCUT2D eigenvalue weighted by Gasteiger charge is 2.13. The van der Waals surface area contributed by atoms with E-state index in [0.29, 0.717) is 5.22 Å². The van der Waals surface area contributed by atoms with Gasteiger partial charge in [-0.25, -0.2) is 0 Å². The van der Waals surface area contributed by atoms with Crippen molar-refractivity contribution in [1.29, 1.82) is 0 Å². The molecule has 0 saturated heterocycles. The molecule has 17 heavy (non-hydrogen) atoms. The van der Waals surface area contributed by atoms with Crippen molar-refractivity contribution in [2.24, 2.45) is 5.73 Å². The number of hydrogen-bond donors (Lipinski definition) is 1. The zero-order chi connectivity index (χ0) is 12.4. The molecule has 0 fully saturated rings. The third kappa shape index (κ3) is 2.71. The van der Waals surface area contributed by atoms with Crippen LogP contribution < -0.4 is 5.73 Å². The smallest absolute Gasteiger partial charge is 0.197 e. The molecule has 2 rings (SSSR count). The minimum atomic E-state index is -0.122. The molecule has 0 aliphatic carbocycles. The molecule has 0 aliphatic rings. The van der Waals surface area contributed by atoms with Crippen LogP contribution in [0.15, 0.2) is 34.9 Å². The van der Waals surface area contributed by atoms with Crippen LogP contribution in [-0.2, 0) is 6.42 Å². The number of aryl methyl sites for hydroxylation is 2. The molecule has 1 heterocycles. The van der Waals surface area contributed by atoms with Gasteiger partial charge in [0.1, 0.15) is 0 Å². The Kier molecular flexibility index (Phi) is 3.55. The van der Waals surface area contributed by atoms with Crippen LogP contribution in [0.5, 0.6) is 0 Å². The lowest BCUT2D eigenvalue weighted by atomic mass is 9.99. The van der Waals surface area contributed by atoms with Gasteiger partial charge in [0.15, 0.2) is 5.22 Å². The average Bonchev–Trinajstić information content (AvgIpc) is 2.70. The SMILES string of the molecule is Cc1ccc(CC(N)c2ccoc2Cl)cc1C. The van der Waals surface area contributed by atoms with Gasteiger partial charge in [0.25, 0.3) is 0 Å². The fourth-order valence-corrected chi connectivity index (χ4v) is 2.12. The molecule has 0 spiro atoms. The predicted molar refractivity (Wildman–Crippen MR) is 70.3 cm³/mol. The summed E-state index contributed by atoms with van der Waals surface area (Å²) in [5, 5.41) is 0.390. The third-order valence-electron chi connectivity index (χ3n) is 3.07. The molecule has 1 unspecified atom stereocenters. The number of nitrogens with two attached hydrogens (primary N) is 1. The molecule has 0 saturated carbocycles. The number of furan rings is 1. The quantitative estimate of drug-likeness (QED) is 0.899. The molecule has 3 heteroatoms. The Morgan fingerprint density at radius 3 is 2.59 bits per heavy atom. The van der Waals surface area contributed by atoms with E-state index >= 15 is 0 Å². The van der Waals surface area contributed by atoms with E-state index in [-0.39, 0.29) is 6.04 Å². The minimum Gasteiger partial charge on any atom is -0.453 e. The molecule has 2 nitrogen and oxygen atoms in total. The van der Waals surface area contributed by atoms with E-state index in [1.807, 2.05) is 6.07 Å². The minimum absolute atomic E-state index is 0.122. The molecule has 2 N–H and O–H groups in total. The zero-order valence-corrected chi connectivity index (χ0v) is 10.8. The van der Waals surface area contributed by atoms with Gasteiger partial charge in [0, 0.05) is 11.6 Å². The summed E-state index contributed by atoms with van der Waals surface area (Å²) in [5.74, 6) is 0. The van der Waals surface area contributed by atoms with Crippen molar-refractivity contribution in [3.05, 3.63) is 58.0 Å². The van der Waals surface area contributed by atoms with E-state index in [1.165, 1.54) is 16.7 Å². The summed E-state index contributed by atoms with van der Waals surface area (Å²) < 4.78 is 5.05. The molecule has 1 aromatic heterocycles. The highest BCUT2D eigenvalue weighted by atomic mass is 35.5. The Morgan fingerprint density at radius 2 is 2.00 bits per heavy atom. The topological polar surface area (TPSA) is 39.2 Å². The van der Waals surface area contributed by atoms with Crippen LogP contribution >= 0.6 is 11.6 Å². The summed E-state index contributed by atoms with van der Waals surface area (Å²) in [6, 6.07) is 8.10. The molecular weight excluding hydrogens is 234 g/mol. The second-order valence-corrected chi connectivity index (χ2v) is 4.72. The first-order valence-corrected chi connectivity index (χ1v) is 6.00. The second kappa shape index (κ2) is 4.94. The first kappa shape index (κ1) is 12.2. The maximum absolute atomic E-state index is 6.12. The lowest BCUT2D eigenvalue weighted by Gasteiger charge is -2.11. The van der Waals surface area contributed by atoms with Crippen molar-refractivity contribution in [1.82, 2.24) is 0 Å². The van der Waals surface area contributed by atoms with Gasteiger partial charge in [-0.15, -0.1) is 0 Å². The monoisotopic (exact) mass is 249 g/mol. The summed E-state index contributed by atoms with van der Waals surface area (Å²) in [5.41, 5.74) is 10.8. The van der Waals surface area contributed by atoms with Crippen molar-refractivity contribution in [3.8, 4) is 0 Å². The molecule has 0 aliphatic heterocycles. The summed E-state index contributed by atoms with van der Waals surface area (Å²) in [4.78, 5) is 0. The summed E-state index contributed by atoms with van der Waals surface area (Å²) >= 11 is 5.91. The maximum Gasteiger partial charge on any atom is 0.197 e. The van der Waals surface area contributed by atoms with Crippen LogP contribution in [0, 0.1) is 13.8 Å². The maximum atomic E-state index is 6.12. The van der Waals surface area contributed by atoms with E-state index in [4.69, 9.17) is 21.8 Å². The van der Waals surface area contributed by atoms with Crippen LogP contribution in [0.1, 0.15) is 28.3 Å². The number of rotatable bonds is 3. The van der Waals surface area contributed by atoms with Gasteiger partial charge < -0.3 is 10.2 Å². The molecule has 0 bridgehead atoms. The highest BCUT2D eigenvalue weighted by molar-refractivity contribution is 6.29. The first-order valence-electron chi connectivity index (χ1n) is 5.62. The van der Waals surface area contributed by atoms with Gasteiger partial charge in [0.2, 0.25) is 0 Å². The Balaban J connectivity index is 2.16. The number of hydrogen-bond acceptors (Lipinski definition) is 2. The molecule has 0 amide bonds. The van der Waals surface area contributed by atoms with Crippen molar-refractivity contribution >= 4 is 11.6 Å². The Morgan fingerprint density at radius 1 is 1.24 bits per heavy atom. The van der Waals surface area contributed by atoms with Crippen molar-refractivity contribution in [2.45, 2.75) is 26.3 Å². The molecule has 1 atom stereocenters. The molecule has 0 radical (unpaired) electrons. The van der Waals surface area contributed by atoms with Crippen LogP contribution in [0.3, 0.4) is 0 Å². The number of halogens is 1. The first-order chi connectivity index (χ1) is 8.08. The Labute approximate surface area is 106 Å². The summed E-state index contributed by atoms with van der Waals surface area (Å²) in [7, 11) is 0. The van der Waals surface area contributed by atoms with Crippen LogP contribution in [0.4, 0.5) is 0 Å². The van der Waals surface area contributed by atoms with E-state index in [2.05, 4.69) is 32.0 Å². The van der Waals surface area contributed by atoms with Crippen molar-refractivity contribution in [3.63, 3.8) is 0 Å². The van der Waals surface area contributed by atoms with Gasteiger partial charge >= 0.3 is 0 Å². The van der Waals surface area contributed by atoms with Gasteiger partial charge in [-0.2, -0.15) is 0 Å². The number of benzene rings is 1. The van der Waals surface area contributed by atoms with Gasteiger partial charge in [-0.3, -0.25) is 0 Å². The van der Waals surface area contributed by atoms with Gasteiger partial charge in [0.05, 0.1) is 6.26 Å². The predicted octanol–water partition coefficient (Wildman–Crippen LogP) is 3.79. The van der Waals surface area contributed by atoms with Crippen LogP contribution in [0.2, 0.25) is 5.22 Å². The van der Waals surface area contributed by atoms with E-state index < -0.39 is 0 Å². The third-order valence-corrected chi connectivity index (χ3v) is 3.38. The molecule has 2 aromatic rings. The second-order valence-electron chi connectivity index (χ2n) is 4.38. The van der Waals surface area contributed by atoms with E-state index in [0.717, 1.165) is 12.0 Å². The molecular formula is C14H16ClNO. The fourth-order valence-electron chi connectivity index (χ4n) is 1.86. The average molecular weight is 250 g/mol. The van der Waals surface area contributed by atoms with Crippen LogP contribution in [0.25, 0.3) is 0 Å². The summed E-state index contributed by atoms with van der Waals surface area (Å²) in [6.45, 7) is 4.21. The Hall–Kier alpha value is -1.25. The van der Waals surface area contributed by atoms with E-state index in [1.54, 1.807) is 6.26 Å². The summed E-state index contributed by atoms with van der Waals surface area (Å²) in [6.07, 6.45) is 2.33. The highest BCUT2D eigenvalue weighted by Crippen LogP contribution is 2.25. The van der Waals surface area contributed by atoms with Crippen molar-refractivity contribution < 1.29 is 4.42 Å². The van der Waals surface area contributed by atoms with Crippen molar-refractivity contribution in [2.75, 3.05) is 0 Å². The van der Waals surface area contributed by atoms with Gasteiger partial charge in [-0.05, 0) is 54.6 Å². The molecule has 90 valence electrons. The normalized spacial score (nSPS) is 12.7. The molecule has 1 aromatic carbocycles. The Bertz CT molecular complexity index is 519. The zero-order valence-electron chi connectivity index (χ0n) is 10.0. The van der Waals surface area contributed by atoms with Crippen LogP contribution in [-0.4, -0.2) is 0 Å². The lowest BCUT2D eigenvalue weighted by molar-refractivity contribution is 0.560. The fraction of sp³-hybridized carbons (Fsp3) is 0.286. The standard InChI is InChI=1S/C14H16ClNO/c1-9-3-4-11(7-10(9)2)8-13(16)12-5-6-17-14(12)15/h3-7,13H,8,16H2,1-2H3. The lowest BCUT2D eigenvalue weighted by Crippen LogP contribution is -2.13.